The molecule has 0 spiro atoms. The smallest absolute Gasteiger partial charge is 0.410 e. The van der Waals surface area contributed by atoms with E-state index in [0.717, 1.165) is 25.0 Å². The standard InChI is InChI=1S/C22H31NO4/c1-5-26-19-11-6-8-15(14-19)20(24)16-12-17-9-7-10-18(13-16)23(17)21(25)27-22(2,3)4/h6,8,11,14,16-18H,5,7,9-10,12-13H2,1-4H3. The van der Waals surface area contributed by atoms with Gasteiger partial charge in [0.05, 0.1) is 6.61 Å². The van der Waals surface area contributed by atoms with Crippen molar-refractivity contribution in [2.45, 2.75) is 77.5 Å². The number of Topliss-reactive ketones (excluding diaryl/α,β-unsaturated/α-hetero) is 1. The first-order valence-electron chi connectivity index (χ1n) is 10.1. The summed E-state index contributed by atoms with van der Waals surface area (Å²) in [5.41, 5.74) is 0.201. The van der Waals surface area contributed by atoms with Crippen molar-refractivity contribution in [2.75, 3.05) is 6.61 Å². The Bertz CT molecular complexity index is 680. The first-order valence-corrected chi connectivity index (χ1v) is 10.1. The van der Waals surface area contributed by atoms with Crippen molar-refractivity contribution in [1.29, 1.82) is 0 Å². The molecule has 2 saturated heterocycles. The second-order valence-electron chi connectivity index (χ2n) is 8.62. The molecule has 3 rings (SSSR count). The number of rotatable bonds is 4. The van der Waals surface area contributed by atoms with Crippen molar-refractivity contribution >= 4 is 11.9 Å². The van der Waals surface area contributed by atoms with Gasteiger partial charge in [0.25, 0.3) is 0 Å². The molecule has 0 saturated carbocycles. The third-order valence-electron chi connectivity index (χ3n) is 5.38. The van der Waals surface area contributed by atoms with Crippen LogP contribution in [-0.2, 0) is 4.74 Å². The average Bonchev–Trinajstić information content (AvgIpc) is 2.59. The summed E-state index contributed by atoms with van der Waals surface area (Å²) >= 11 is 0. The van der Waals surface area contributed by atoms with Gasteiger partial charge in [-0.15, -0.1) is 0 Å². The molecule has 2 unspecified atom stereocenters. The second kappa shape index (κ2) is 7.91. The summed E-state index contributed by atoms with van der Waals surface area (Å²) in [6.45, 7) is 8.19. The lowest BCUT2D eigenvalue weighted by atomic mass is 9.76. The van der Waals surface area contributed by atoms with Crippen molar-refractivity contribution in [3.05, 3.63) is 29.8 Å². The Morgan fingerprint density at radius 3 is 2.41 bits per heavy atom. The van der Waals surface area contributed by atoms with Gasteiger partial charge in [-0.2, -0.15) is 0 Å². The van der Waals surface area contributed by atoms with Gasteiger partial charge in [0.1, 0.15) is 11.4 Å². The number of hydrogen-bond donors (Lipinski definition) is 0. The van der Waals surface area contributed by atoms with E-state index < -0.39 is 5.60 Å². The van der Waals surface area contributed by atoms with Gasteiger partial charge in [-0.1, -0.05) is 12.1 Å². The van der Waals surface area contributed by atoms with Gasteiger partial charge >= 0.3 is 6.09 Å². The van der Waals surface area contributed by atoms with Gasteiger partial charge in [-0.3, -0.25) is 4.79 Å². The fraction of sp³-hybridized carbons (Fsp3) is 0.636. The minimum atomic E-state index is -0.502. The number of benzene rings is 1. The van der Waals surface area contributed by atoms with E-state index in [9.17, 15) is 9.59 Å². The van der Waals surface area contributed by atoms with Crippen molar-refractivity contribution < 1.29 is 19.1 Å². The molecule has 0 radical (unpaired) electrons. The number of amides is 1. The summed E-state index contributed by atoms with van der Waals surface area (Å²) in [5.74, 6) is 0.850. The zero-order valence-corrected chi connectivity index (χ0v) is 16.9. The van der Waals surface area contributed by atoms with Crippen molar-refractivity contribution in [1.82, 2.24) is 4.90 Å². The Balaban J connectivity index is 1.73. The highest BCUT2D eigenvalue weighted by Crippen LogP contribution is 2.39. The van der Waals surface area contributed by atoms with Crippen LogP contribution in [0.25, 0.3) is 0 Å². The number of hydrogen-bond acceptors (Lipinski definition) is 4. The zero-order valence-electron chi connectivity index (χ0n) is 16.9. The minimum absolute atomic E-state index is 0.0455. The number of piperidine rings is 2. The van der Waals surface area contributed by atoms with Crippen LogP contribution in [0.15, 0.2) is 24.3 Å². The lowest BCUT2D eigenvalue weighted by Crippen LogP contribution is -2.56. The van der Waals surface area contributed by atoms with Gasteiger partial charge < -0.3 is 14.4 Å². The zero-order chi connectivity index (χ0) is 19.6. The van der Waals surface area contributed by atoms with E-state index in [-0.39, 0.29) is 29.9 Å². The van der Waals surface area contributed by atoms with E-state index in [1.165, 1.54) is 0 Å². The summed E-state index contributed by atoms with van der Waals surface area (Å²) in [6, 6.07) is 7.63. The van der Waals surface area contributed by atoms with Crippen LogP contribution in [0, 0.1) is 5.92 Å². The van der Waals surface area contributed by atoms with Crippen LogP contribution in [0.4, 0.5) is 4.79 Å². The highest BCUT2D eigenvalue weighted by Gasteiger charge is 2.44. The van der Waals surface area contributed by atoms with Gasteiger partial charge in [-0.05, 0) is 71.9 Å². The fourth-order valence-corrected chi connectivity index (χ4v) is 4.35. The molecule has 148 valence electrons. The van der Waals surface area contributed by atoms with Gasteiger partial charge in [0.15, 0.2) is 5.78 Å². The largest absolute Gasteiger partial charge is 0.494 e. The fourth-order valence-electron chi connectivity index (χ4n) is 4.35. The molecule has 1 aromatic carbocycles. The van der Waals surface area contributed by atoms with E-state index >= 15 is 0 Å². The first kappa shape index (κ1) is 19.7. The Morgan fingerprint density at radius 1 is 1.15 bits per heavy atom. The predicted molar refractivity (Wildman–Crippen MR) is 104 cm³/mol. The van der Waals surface area contributed by atoms with E-state index in [1.54, 1.807) is 0 Å². The van der Waals surface area contributed by atoms with E-state index in [2.05, 4.69) is 0 Å². The number of carbonyl (C=O) groups excluding carboxylic acids is 2. The third-order valence-corrected chi connectivity index (χ3v) is 5.38. The maximum atomic E-state index is 13.1. The molecule has 1 amide bonds. The van der Waals surface area contributed by atoms with Crippen LogP contribution in [0.1, 0.15) is 70.2 Å². The maximum Gasteiger partial charge on any atom is 0.410 e. The van der Waals surface area contributed by atoms with Crippen molar-refractivity contribution in [2.24, 2.45) is 5.92 Å². The highest BCUT2D eigenvalue weighted by atomic mass is 16.6. The highest BCUT2D eigenvalue weighted by molar-refractivity contribution is 5.98. The van der Waals surface area contributed by atoms with Gasteiger partial charge in [0, 0.05) is 23.6 Å². The molecule has 0 N–H and O–H groups in total. The number of fused-ring (bicyclic) bond motifs is 2. The molecule has 2 aliphatic heterocycles. The Kier molecular flexibility index (Phi) is 5.78. The summed E-state index contributed by atoms with van der Waals surface area (Å²) in [7, 11) is 0. The minimum Gasteiger partial charge on any atom is -0.494 e. The normalized spacial score (nSPS) is 25.0. The molecule has 2 fully saturated rings. The van der Waals surface area contributed by atoms with Crippen LogP contribution in [0.2, 0.25) is 0 Å². The lowest BCUT2D eigenvalue weighted by molar-refractivity contribution is -0.0260. The SMILES string of the molecule is CCOc1cccc(C(=O)C2CC3CCCC(C2)N3C(=O)OC(C)(C)C)c1. The molecule has 5 heteroatoms. The van der Waals surface area contributed by atoms with E-state index in [4.69, 9.17) is 9.47 Å². The molecular formula is C22H31NO4. The molecule has 2 bridgehead atoms. The van der Waals surface area contributed by atoms with Crippen molar-refractivity contribution in [3.8, 4) is 5.75 Å². The lowest BCUT2D eigenvalue weighted by Gasteiger charge is -2.48. The number of ketones is 1. The van der Waals surface area contributed by atoms with Crippen molar-refractivity contribution in [3.63, 3.8) is 0 Å². The number of nitrogens with zero attached hydrogens (tertiary/aromatic N) is 1. The quantitative estimate of drug-likeness (QED) is 0.709. The number of carbonyl (C=O) groups is 2. The molecule has 2 heterocycles. The monoisotopic (exact) mass is 373 g/mol. The number of ether oxygens (including phenoxy) is 2. The van der Waals surface area contributed by atoms with Gasteiger partial charge in [0.2, 0.25) is 0 Å². The summed E-state index contributed by atoms with van der Waals surface area (Å²) in [5, 5.41) is 0. The van der Waals surface area contributed by atoms with Crippen LogP contribution in [0.3, 0.4) is 0 Å². The molecule has 2 aliphatic rings. The molecule has 1 aromatic rings. The molecule has 2 atom stereocenters. The maximum absolute atomic E-state index is 13.1. The Labute approximate surface area is 162 Å². The predicted octanol–water partition coefficient (Wildman–Crippen LogP) is 4.84. The summed E-state index contributed by atoms with van der Waals surface area (Å²) in [4.78, 5) is 27.7. The molecule has 0 aromatic heterocycles. The Morgan fingerprint density at radius 2 is 1.81 bits per heavy atom. The first-order chi connectivity index (χ1) is 12.8. The van der Waals surface area contributed by atoms with Crippen LogP contribution < -0.4 is 4.74 Å². The van der Waals surface area contributed by atoms with Crippen LogP contribution in [0.5, 0.6) is 5.75 Å². The molecular weight excluding hydrogens is 342 g/mol. The average molecular weight is 373 g/mol. The summed E-state index contributed by atoms with van der Waals surface area (Å²) < 4.78 is 11.2. The topological polar surface area (TPSA) is 55.8 Å². The molecule has 0 aliphatic carbocycles. The van der Waals surface area contributed by atoms with E-state index in [0.29, 0.717) is 25.0 Å². The van der Waals surface area contributed by atoms with E-state index in [1.807, 2.05) is 56.9 Å². The van der Waals surface area contributed by atoms with Crippen LogP contribution >= 0.6 is 0 Å². The summed E-state index contributed by atoms with van der Waals surface area (Å²) in [6.07, 6.45) is 4.19. The van der Waals surface area contributed by atoms with Gasteiger partial charge in [-0.25, -0.2) is 4.79 Å². The second-order valence-corrected chi connectivity index (χ2v) is 8.62. The molecule has 5 nitrogen and oxygen atoms in total. The third kappa shape index (κ3) is 4.63. The molecule has 27 heavy (non-hydrogen) atoms. The van der Waals surface area contributed by atoms with Crippen LogP contribution in [-0.4, -0.2) is 41.1 Å². The Hall–Kier alpha value is -2.04.